The minimum absolute atomic E-state index is 0.109. The van der Waals surface area contributed by atoms with Crippen LogP contribution in [-0.4, -0.2) is 62.2 Å². The van der Waals surface area contributed by atoms with E-state index in [1.54, 1.807) is 38.2 Å². The third kappa shape index (κ3) is 10.8. The zero-order valence-corrected chi connectivity index (χ0v) is 25.0. The topological polar surface area (TPSA) is 116 Å². The fourth-order valence-electron chi connectivity index (χ4n) is 4.60. The van der Waals surface area contributed by atoms with Crippen molar-refractivity contribution < 1.29 is 34.7 Å². The van der Waals surface area contributed by atoms with Gasteiger partial charge in [0.2, 0.25) is 5.79 Å². The Kier molecular flexibility index (Phi) is 14.1. The van der Waals surface area contributed by atoms with Crippen LogP contribution in [0.15, 0.2) is 60.8 Å². The molecule has 0 radical (unpaired) electrons. The Morgan fingerprint density at radius 2 is 1.90 bits per heavy atom. The van der Waals surface area contributed by atoms with Gasteiger partial charge in [0.25, 0.3) is 0 Å². The minimum atomic E-state index is -1.82. The van der Waals surface area contributed by atoms with E-state index in [9.17, 15) is 25.2 Å². The zero-order chi connectivity index (χ0) is 30.0. The van der Waals surface area contributed by atoms with Crippen molar-refractivity contribution >= 4 is 5.97 Å². The molecule has 0 amide bonds. The van der Waals surface area contributed by atoms with E-state index < -0.39 is 35.7 Å². The first-order valence-electron chi connectivity index (χ1n) is 14.0. The van der Waals surface area contributed by atoms with Crippen molar-refractivity contribution in [3.8, 4) is 0 Å². The van der Waals surface area contributed by atoms with E-state index in [2.05, 4.69) is 13.2 Å². The van der Waals surface area contributed by atoms with Crippen molar-refractivity contribution in [3.05, 3.63) is 60.8 Å². The molecule has 1 heterocycles. The summed E-state index contributed by atoms with van der Waals surface area (Å²) in [6.45, 7) is 20.2. The van der Waals surface area contributed by atoms with E-state index in [1.807, 2.05) is 27.7 Å². The van der Waals surface area contributed by atoms with Gasteiger partial charge in [-0.3, -0.25) is 0 Å². The maximum atomic E-state index is 12.8. The van der Waals surface area contributed by atoms with Crippen LogP contribution in [0.4, 0.5) is 0 Å². The van der Waals surface area contributed by atoms with Crippen molar-refractivity contribution in [3.63, 3.8) is 0 Å². The maximum Gasteiger partial charge on any atom is 0.330 e. The van der Waals surface area contributed by atoms with E-state index in [1.165, 1.54) is 19.1 Å². The van der Waals surface area contributed by atoms with Crippen LogP contribution in [0.5, 0.6) is 0 Å². The summed E-state index contributed by atoms with van der Waals surface area (Å²) < 4.78 is 11.7. The number of hydrogen-bond acceptors (Lipinski definition) is 7. The van der Waals surface area contributed by atoms with Gasteiger partial charge in [0, 0.05) is 18.4 Å². The van der Waals surface area contributed by atoms with Crippen LogP contribution in [0, 0.1) is 17.8 Å². The molecule has 39 heavy (non-hydrogen) atoms. The molecule has 0 aromatic rings. The van der Waals surface area contributed by atoms with Gasteiger partial charge >= 0.3 is 5.97 Å². The van der Waals surface area contributed by atoms with Gasteiger partial charge in [-0.05, 0) is 65.2 Å². The third-order valence-corrected chi connectivity index (χ3v) is 7.83. The highest BCUT2D eigenvalue weighted by molar-refractivity contribution is 5.83. The number of aliphatic hydroxyl groups is 4. The average molecular weight is 549 g/mol. The van der Waals surface area contributed by atoms with Gasteiger partial charge in [0.05, 0.1) is 18.3 Å². The summed E-state index contributed by atoms with van der Waals surface area (Å²) in [5.74, 6) is -2.83. The fourth-order valence-corrected chi connectivity index (χ4v) is 4.60. The lowest BCUT2D eigenvalue weighted by Gasteiger charge is -2.45. The van der Waals surface area contributed by atoms with Crippen molar-refractivity contribution in [2.75, 3.05) is 0 Å². The lowest BCUT2D eigenvalue weighted by atomic mass is 9.83. The lowest BCUT2D eigenvalue weighted by Crippen LogP contribution is -2.56. The normalized spacial score (nSPS) is 27.0. The molecule has 1 aliphatic rings. The summed E-state index contributed by atoms with van der Waals surface area (Å²) in [5, 5.41) is 42.6. The van der Waals surface area contributed by atoms with Crippen LogP contribution in [0.25, 0.3) is 0 Å². The van der Waals surface area contributed by atoms with Crippen molar-refractivity contribution in [2.24, 2.45) is 17.8 Å². The molecule has 0 aromatic heterocycles. The van der Waals surface area contributed by atoms with E-state index in [0.717, 1.165) is 5.57 Å². The molecule has 0 unspecified atom stereocenters. The molecule has 0 saturated carbocycles. The number of rotatable bonds is 15. The van der Waals surface area contributed by atoms with Crippen LogP contribution in [-0.2, 0) is 14.3 Å². The second kappa shape index (κ2) is 15.7. The molecule has 0 aromatic carbocycles. The zero-order valence-electron chi connectivity index (χ0n) is 25.0. The van der Waals surface area contributed by atoms with Crippen LogP contribution >= 0.6 is 0 Å². The highest BCUT2D eigenvalue weighted by Crippen LogP contribution is 2.39. The van der Waals surface area contributed by atoms with Crippen molar-refractivity contribution in [1.29, 1.82) is 0 Å². The molecule has 1 rings (SSSR count). The molecule has 7 nitrogen and oxygen atoms in total. The SMILES string of the molecule is C=CC[C@H]1CC(=C)C[C@@](O)([C@](C)(O)/C=C/C[C@H](C)[C@@H](C[C@H](C)[C@H](C)O)OC(=O)/C=C(/C)[C@@H](C)[C@@H](O)/C=C/C)O1. The monoisotopic (exact) mass is 548 g/mol. The summed E-state index contributed by atoms with van der Waals surface area (Å²) in [7, 11) is 0. The molecule has 1 saturated heterocycles. The summed E-state index contributed by atoms with van der Waals surface area (Å²) in [6, 6.07) is 0. The molecule has 0 bridgehead atoms. The van der Waals surface area contributed by atoms with E-state index in [-0.39, 0.29) is 30.3 Å². The Morgan fingerprint density at radius 3 is 2.46 bits per heavy atom. The van der Waals surface area contributed by atoms with Crippen LogP contribution in [0.1, 0.15) is 80.6 Å². The molecule has 0 aliphatic carbocycles. The third-order valence-electron chi connectivity index (χ3n) is 7.83. The molecule has 0 spiro atoms. The van der Waals surface area contributed by atoms with Gasteiger partial charge < -0.3 is 29.9 Å². The van der Waals surface area contributed by atoms with Crippen molar-refractivity contribution in [1.82, 2.24) is 0 Å². The summed E-state index contributed by atoms with van der Waals surface area (Å²) in [6.07, 6.45) is 9.93. The Balaban J connectivity index is 3.01. The molecule has 222 valence electrons. The molecular formula is C32H52O7. The Labute approximate surface area is 235 Å². The predicted octanol–water partition coefficient (Wildman–Crippen LogP) is 5.16. The highest BCUT2D eigenvalue weighted by Gasteiger charge is 2.49. The second-order valence-corrected chi connectivity index (χ2v) is 11.6. The molecule has 4 N–H and O–H groups in total. The smallest absolute Gasteiger partial charge is 0.330 e. The molecule has 1 aliphatic heterocycles. The minimum Gasteiger partial charge on any atom is -0.459 e. The van der Waals surface area contributed by atoms with Crippen LogP contribution in [0.2, 0.25) is 0 Å². The lowest BCUT2D eigenvalue weighted by molar-refractivity contribution is -0.305. The molecule has 7 heteroatoms. The largest absolute Gasteiger partial charge is 0.459 e. The van der Waals surface area contributed by atoms with Gasteiger partial charge in [0.1, 0.15) is 11.7 Å². The van der Waals surface area contributed by atoms with Gasteiger partial charge in [0.15, 0.2) is 0 Å². The molecule has 9 atom stereocenters. The van der Waals surface area contributed by atoms with Gasteiger partial charge in [-0.1, -0.05) is 68.9 Å². The first-order valence-corrected chi connectivity index (χ1v) is 14.0. The standard InChI is InChI=1S/C32H52O7/c1-10-13-27-17-21(3)20-32(37,39-27)31(9,36)16-12-15-22(4)29(18-24(6)26(8)33)38-30(35)19-23(5)25(7)28(34)14-11-2/h10-12,14,16,19,22,24-29,33-34,36-37H,1,3,13,15,17-18,20H2,2,4-9H3/b14-11+,16-12+,23-19-/t22-,24-,25+,26-,27-,28-,29+,31+,32-/m0/s1. The Morgan fingerprint density at radius 1 is 1.26 bits per heavy atom. The fraction of sp³-hybridized carbons (Fsp3) is 0.656. The summed E-state index contributed by atoms with van der Waals surface area (Å²) in [4.78, 5) is 12.8. The van der Waals surface area contributed by atoms with Crippen LogP contribution in [0.3, 0.4) is 0 Å². The van der Waals surface area contributed by atoms with Gasteiger partial charge in [-0.25, -0.2) is 4.79 Å². The number of esters is 1. The first kappa shape index (κ1) is 35.0. The number of hydrogen-bond donors (Lipinski definition) is 4. The summed E-state index contributed by atoms with van der Waals surface area (Å²) in [5.41, 5.74) is -0.181. The highest BCUT2D eigenvalue weighted by atomic mass is 16.6. The second-order valence-electron chi connectivity index (χ2n) is 11.6. The predicted molar refractivity (Wildman–Crippen MR) is 156 cm³/mol. The van der Waals surface area contributed by atoms with E-state index in [4.69, 9.17) is 9.47 Å². The number of allylic oxidation sites excluding steroid dienone is 2. The van der Waals surface area contributed by atoms with Crippen LogP contribution < -0.4 is 0 Å². The van der Waals surface area contributed by atoms with Gasteiger partial charge in [-0.15, -0.1) is 6.58 Å². The summed E-state index contributed by atoms with van der Waals surface area (Å²) >= 11 is 0. The Bertz CT molecular complexity index is 900. The van der Waals surface area contributed by atoms with Crippen molar-refractivity contribution in [2.45, 2.75) is 116 Å². The Hall–Kier alpha value is -2.03. The van der Waals surface area contributed by atoms with E-state index in [0.29, 0.717) is 31.3 Å². The molecular weight excluding hydrogens is 496 g/mol. The average Bonchev–Trinajstić information content (AvgIpc) is 2.82. The van der Waals surface area contributed by atoms with E-state index >= 15 is 0 Å². The first-order chi connectivity index (χ1) is 18.1. The number of aliphatic hydroxyl groups excluding tert-OH is 2. The number of carbonyl (C=O) groups is 1. The molecule has 1 fully saturated rings. The maximum absolute atomic E-state index is 12.8. The number of carbonyl (C=O) groups excluding carboxylic acids is 1. The quantitative estimate of drug-likeness (QED) is 0.127. The number of ether oxygens (including phenoxy) is 2. The van der Waals surface area contributed by atoms with Gasteiger partial charge in [-0.2, -0.15) is 0 Å².